The maximum absolute atomic E-state index is 9.16. The maximum Gasteiger partial charge on any atom is 0.317 e. The van der Waals surface area contributed by atoms with Crippen LogP contribution in [0.15, 0.2) is 0 Å². The third-order valence-corrected chi connectivity index (χ3v) is 1.64. The molecule has 0 aromatic carbocycles. The third-order valence-electron chi connectivity index (χ3n) is 1.64. The van der Waals surface area contributed by atoms with E-state index < -0.39 is 8.26 Å². The Kier molecular flexibility index (Phi) is 7.95. The molecule has 0 unspecified atom stereocenters. The zero-order valence-corrected chi connectivity index (χ0v) is 10.4. The summed E-state index contributed by atoms with van der Waals surface area (Å²) in [5.41, 5.74) is 0. The van der Waals surface area contributed by atoms with E-state index in [9.17, 15) is 0 Å². The predicted octanol–water partition coefficient (Wildman–Crippen LogP) is 1.44. The van der Waals surface area contributed by atoms with E-state index in [4.69, 9.17) is 13.2 Å². The van der Waals surface area contributed by atoms with Crippen LogP contribution in [0.25, 0.3) is 0 Å². The second kappa shape index (κ2) is 7.70. The van der Waals surface area contributed by atoms with Crippen LogP contribution in [-0.2, 0) is 13.0 Å². The van der Waals surface area contributed by atoms with E-state index in [-0.39, 0.29) is 0 Å². The molecule has 1 aliphatic heterocycles. The van der Waals surface area contributed by atoms with Gasteiger partial charge < -0.3 is 4.74 Å². The molecule has 0 bridgehead atoms. The number of ether oxygens (including phenoxy) is 1. The Morgan fingerprint density at radius 3 is 2.07 bits per heavy atom. The van der Waals surface area contributed by atoms with Crippen molar-refractivity contribution in [1.29, 1.82) is 0 Å². The molecule has 0 aromatic rings. The summed E-state index contributed by atoms with van der Waals surface area (Å²) in [6.45, 7) is 7.58. The van der Waals surface area contributed by atoms with Gasteiger partial charge in [0.1, 0.15) is 0 Å². The van der Waals surface area contributed by atoms with Gasteiger partial charge in [-0.15, -0.1) is 0 Å². The smallest absolute Gasteiger partial charge is 0.317 e. The first-order chi connectivity index (χ1) is 6.43. The fourth-order valence-corrected chi connectivity index (χ4v) is 1.14. The Hall–Kier alpha value is 0.450. The summed E-state index contributed by atoms with van der Waals surface area (Å²) in [4.78, 5) is 2.45. The van der Waals surface area contributed by atoms with Crippen molar-refractivity contribution >= 4 is 29.6 Å². The molecule has 0 amide bonds. The van der Waals surface area contributed by atoms with Gasteiger partial charge in [-0.3, -0.25) is 4.90 Å². The van der Waals surface area contributed by atoms with Crippen LogP contribution in [-0.4, -0.2) is 46.2 Å². The number of halogens is 2. The molecule has 1 heterocycles. The van der Waals surface area contributed by atoms with Gasteiger partial charge in [0, 0.05) is 34.5 Å². The van der Waals surface area contributed by atoms with Crippen molar-refractivity contribution in [3.8, 4) is 0 Å². The van der Waals surface area contributed by atoms with Crippen LogP contribution in [0.5, 0.6) is 0 Å². The van der Waals surface area contributed by atoms with Gasteiger partial charge >= 0.3 is 8.26 Å². The quantitative estimate of drug-likeness (QED) is 0.708. The number of rotatable bonds is 2. The van der Waals surface area contributed by atoms with Crippen LogP contribution < -0.4 is 0 Å². The minimum atomic E-state index is -3.72. The average molecular weight is 264 g/mol. The monoisotopic (exact) mass is 263 g/mol. The first-order valence-corrected chi connectivity index (χ1v) is 7.51. The molecule has 0 spiro atoms. The van der Waals surface area contributed by atoms with Crippen LogP contribution in [0.2, 0.25) is 0 Å². The molecule has 4 nitrogen and oxygen atoms in total. The second-order valence-corrected chi connectivity index (χ2v) is 6.50. The molecule has 0 saturated carbocycles. The fourth-order valence-electron chi connectivity index (χ4n) is 1.14. The number of hydrogen-bond acceptors (Lipinski definition) is 4. The lowest BCUT2D eigenvalue weighted by atomic mass is 10.4. The summed E-state index contributed by atoms with van der Waals surface area (Å²) >= 11 is 0. The highest BCUT2D eigenvalue weighted by Crippen LogP contribution is 1.98. The second-order valence-electron chi connectivity index (χ2n) is 2.83. The van der Waals surface area contributed by atoms with Crippen molar-refractivity contribution in [2.24, 2.45) is 0 Å². The molecule has 0 aliphatic carbocycles. The van der Waals surface area contributed by atoms with Gasteiger partial charge in [-0.1, -0.05) is 6.92 Å². The van der Waals surface area contributed by atoms with Crippen molar-refractivity contribution in [2.45, 2.75) is 13.3 Å². The van der Waals surface area contributed by atoms with E-state index in [0.717, 1.165) is 26.3 Å². The number of morpholine rings is 1. The van der Waals surface area contributed by atoms with Crippen LogP contribution in [0.3, 0.4) is 0 Å². The lowest BCUT2D eigenvalue weighted by molar-refractivity contribution is 0.0380. The van der Waals surface area contributed by atoms with Gasteiger partial charge in [0.2, 0.25) is 0 Å². The molecule has 14 heavy (non-hydrogen) atoms. The molecule has 0 aromatic heterocycles. The molecular weight excluding hydrogens is 249 g/mol. The predicted molar refractivity (Wildman–Crippen MR) is 58.2 cm³/mol. The van der Waals surface area contributed by atoms with Gasteiger partial charge in [0.25, 0.3) is 0 Å². The largest absolute Gasteiger partial charge is 0.379 e. The van der Waals surface area contributed by atoms with Gasteiger partial charge in [-0.25, -0.2) is 0 Å². The summed E-state index contributed by atoms with van der Waals surface area (Å²) in [6, 6.07) is 0. The Morgan fingerprint density at radius 2 is 1.71 bits per heavy atom. The number of nitrogens with zero attached hydrogens (tertiary/aromatic N) is 1. The summed E-state index contributed by atoms with van der Waals surface area (Å²) in [6.07, 6.45) is 1.26. The summed E-state index contributed by atoms with van der Waals surface area (Å²) < 4.78 is 23.5. The zero-order chi connectivity index (χ0) is 11.0. The van der Waals surface area contributed by atoms with Crippen LogP contribution in [0, 0.1) is 0 Å². The highest BCUT2D eigenvalue weighted by Gasteiger charge is 2.07. The van der Waals surface area contributed by atoms with Gasteiger partial charge in [0.05, 0.1) is 13.2 Å². The zero-order valence-electron chi connectivity index (χ0n) is 8.08. The van der Waals surface area contributed by atoms with E-state index >= 15 is 0 Å². The Labute approximate surface area is 94.0 Å². The molecule has 1 aliphatic rings. The first kappa shape index (κ1) is 14.5. The fraction of sp³-hybridized carbons (Fsp3) is 1.00. The van der Waals surface area contributed by atoms with E-state index in [0.29, 0.717) is 0 Å². The molecule has 1 saturated heterocycles. The topological polar surface area (TPSA) is 46.6 Å². The van der Waals surface area contributed by atoms with Crippen LogP contribution in [0.4, 0.5) is 0 Å². The summed E-state index contributed by atoms with van der Waals surface area (Å²) in [7, 11) is 4.81. The Morgan fingerprint density at radius 1 is 1.29 bits per heavy atom. The van der Waals surface area contributed by atoms with Crippen molar-refractivity contribution < 1.29 is 13.2 Å². The molecule has 7 heteroatoms. The van der Waals surface area contributed by atoms with Crippen molar-refractivity contribution in [3.63, 3.8) is 0 Å². The summed E-state index contributed by atoms with van der Waals surface area (Å²) in [5.74, 6) is 0. The number of hydrogen-bond donors (Lipinski definition) is 0. The van der Waals surface area contributed by atoms with Gasteiger partial charge in [-0.2, -0.15) is 8.42 Å². The highest BCUT2D eigenvalue weighted by molar-refractivity contribution is 8.31. The minimum absolute atomic E-state index is 0.931. The van der Waals surface area contributed by atoms with Gasteiger partial charge in [-0.05, 0) is 13.0 Å². The van der Waals surface area contributed by atoms with E-state index in [1.807, 2.05) is 0 Å². The normalized spacial score (nSPS) is 18.5. The Bertz CT molecular complexity index is 216. The standard InChI is InChI=1S/C7H15NO.Cl2O2S/c1-2-3-8-4-6-9-7-5-8;1-5(2,3)4/h2-7H2,1H3;. The molecule has 86 valence electrons. The van der Waals surface area contributed by atoms with Crippen molar-refractivity contribution in [2.75, 3.05) is 32.8 Å². The molecule has 0 radical (unpaired) electrons. The van der Waals surface area contributed by atoms with Crippen LogP contribution >= 0.6 is 21.4 Å². The van der Waals surface area contributed by atoms with E-state index in [2.05, 4.69) is 33.2 Å². The highest BCUT2D eigenvalue weighted by atomic mass is 36.0. The van der Waals surface area contributed by atoms with Gasteiger partial charge in [0.15, 0.2) is 0 Å². The first-order valence-electron chi connectivity index (χ1n) is 4.38. The summed E-state index contributed by atoms with van der Waals surface area (Å²) in [5, 5.41) is 0. The van der Waals surface area contributed by atoms with E-state index in [1.165, 1.54) is 13.0 Å². The van der Waals surface area contributed by atoms with Crippen molar-refractivity contribution in [1.82, 2.24) is 4.90 Å². The van der Waals surface area contributed by atoms with Crippen LogP contribution in [0.1, 0.15) is 13.3 Å². The molecule has 0 N–H and O–H groups in total. The SMILES string of the molecule is CCCN1CCOCC1.O=S(=O)(Cl)Cl. The third kappa shape index (κ3) is 12.4. The van der Waals surface area contributed by atoms with E-state index in [1.54, 1.807) is 0 Å². The van der Waals surface area contributed by atoms with Crippen molar-refractivity contribution in [3.05, 3.63) is 0 Å². The molecular formula is C7H15Cl2NO3S. The Balaban J connectivity index is 0.000000292. The average Bonchev–Trinajstić information content (AvgIpc) is 2.03. The maximum atomic E-state index is 9.16. The molecule has 1 rings (SSSR count). The minimum Gasteiger partial charge on any atom is -0.379 e. The lowest BCUT2D eigenvalue weighted by Gasteiger charge is -2.25. The molecule has 0 atom stereocenters. The lowest BCUT2D eigenvalue weighted by Crippen LogP contribution is -2.36. The molecule has 1 fully saturated rings.